The molecule has 0 spiro atoms. The molecule has 1 aliphatic rings. The molecular formula is C32H23F3O3. The van der Waals surface area contributed by atoms with Crippen molar-refractivity contribution in [3.05, 3.63) is 135 Å². The standard InChI is InChI=1S/C32H23F3O3/c33-32(34,35)24-15-13-20(14-16-24)19-9-11-21(12-10-19)23-17-22-5-1-2-6-25(22)27(18-23)29-30(36)26-7-3-4-8-28(26)38-31(29)37/h1-16,23,27,36H,17-18H2. The minimum absolute atomic E-state index is 0.0463. The fourth-order valence-corrected chi connectivity index (χ4v) is 5.60. The lowest BCUT2D eigenvalue weighted by Gasteiger charge is -2.32. The van der Waals surface area contributed by atoms with Crippen LogP contribution < -0.4 is 5.63 Å². The van der Waals surface area contributed by atoms with E-state index in [1.807, 2.05) is 48.5 Å². The molecule has 0 saturated heterocycles. The molecule has 0 aliphatic heterocycles. The van der Waals surface area contributed by atoms with Crippen molar-refractivity contribution in [2.24, 2.45) is 0 Å². The second-order valence-corrected chi connectivity index (χ2v) is 9.73. The number of fused-ring (bicyclic) bond motifs is 2. The van der Waals surface area contributed by atoms with Gasteiger partial charge in [0.25, 0.3) is 0 Å². The first-order chi connectivity index (χ1) is 18.3. The number of para-hydroxylation sites is 1. The summed E-state index contributed by atoms with van der Waals surface area (Å²) in [6.45, 7) is 0. The van der Waals surface area contributed by atoms with Crippen LogP contribution in [0.2, 0.25) is 0 Å². The van der Waals surface area contributed by atoms with E-state index in [9.17, 15) is 23.1 Å². The minimum Gasteiger partial charge on any atom is -0.507 e. The summed E-state index contributed by atoms with van der Waals surface area (Å²) in [5.74, 6) is -0.322. The van der Waals surface area contributed by atoms with Gasteiger partial charge in [0.1, 0.15) is 11.3 Å². The Labute approximate surface area is 216 Å². The SMILES string of the molecule is O=c1oc2ccccc2c(O)c1C1CC(c2ccc(-c3ccc(C(F)(F)F)cc3)cc2)Cc2ccccc21. The van der Waals surface area contributed by atoms with Gasteiger partial charge < -0.3 is 9.52 Å². The molecule has 0 amide bonds. The quantitative estimate of drug-likeness (QED) is 0.249. The molecule has 3 nitrogen and oxygen atoms in total. The highest BCUT2D eigenvalue weighted by molar-refractivity contribution is 5.84. The van der Waals surface area contributed by atoms with Gasteiger partial charge in [-0.05, 0) is 70.8 Å². The van der Waals surface area contributed by atoms with E-state index in [1.54, 1.807) is 24.3 Å². The van der Waals surface area contributed by atoms with Crippen LogP contribution in [0, 0.1) is 0 Å². The van der Waals surface area contributed by atoms with Crippen LogP contribution in [0.5, 0.6) is 5.75 Å². The lowest BCUT2D eigenvalue weighted by Crippen LogP contribution is -2.23. The largest absolute Gasteiger partial charge is 0.507 e. The Bertz CT molecular complexity index is 1680. The van der Waals surface area contributed by atoms with E-state index in [0.717, 1.165) is 40.8 Å². The Morgan fingerprint density at radius 2 is 1.42 bits per heavy atom. The summed E-state index contributed by atoms with van der Waals surface area (Å²) in [7, 11) is 0. The third kappa shape index (κ3) is 4.26. The normalized spacial score (nSPS) is 17.3. The van der Waals surface area contributed by atoms with Crippen molar-refractivity contribution in [3.8, 4) is 16.9 Å². The van der Waals surface area contributed by atoms with Crippen molar-refractivity contribution >= 4 is 11.0 Å². The van der Waals surface area contributed by atoms with E-state index in [4.69, 9.17) is 4.42 Å². The molecule has 38 heavy (non-hydrogen) atoms. The van der Waals surface area contributed by atoms with Crippen molar-refractivity contribution in [1.82, 2.24) is 0 Å². The average molecular weight is 513 g/mol. The van der Waals surface area contributed by atoms with E-state index < -0.39 is 17.4 Å². The predicted molar refractivity (Wildman–Crippen MR) is 140 cm³/mol. The van der Waals surface area contributed by atoms with Crippen LogP contribution in [-0.4, -0.2) is 5.11 Å². The molecule has 1 aromatic heterocycles. The molecule has 0 bridgehead atoms. The fraction of sp³-hybridized carbons (Fsp3) is 0.156. The zero-order valence-corrected chi connectivity index (χ0v) is 20.2. The van der Waals surface area contributed by atoms with Gasteiger partial charge in [-0.3, -0.25) is 0 Å². The van der Waals surface area contributed by atoms with Crippen LogP contribution in [0.25, 0.3) is 22.1 Å². The average Bonchev–Trinajstić information content (AvgIpc) is 2.92. The predicted octanol–water partition coefficient (Wildman–Crippen LogP) is 8.05. The van der Waals surface area contributed by atoms with Gasteiger partial charge in [-0.2, -0.15) is 13.2 Å². The van der Waals surface area contributed by atoms with Crippen LogP contribution in [0.15, 0.2) is 106 Å². The third-order valence-corrected chi connectivity index (χ3v) is 7.51. The monoisotopic (exact) mass is 512 g/mol. The van der Waals surface area contributed by atoms with E-state index in [2.05, 4.69) is 0 Å². The van der Waals surface area contributed by atoms with Gasteiger partial charge in [-0.1, -0.05) is 72.8 Å². The van der Waals surface area contributed by atoms with Gasteiger partial charge in [0.2, 0.25) is 0 Å². The molecule has 190 valence electrons. The maximum absolute atomic E-state index is 13.1. The molecule has 1 aliphatic carbocycles. The Kier molecular flexibility index (Phi) is 5.83. The second kappa shape index (κ2) is 9.21. The highest BCUT2D eigenvalue weighted by atomic mass is 19.4. The minimum atomic E-state index is -4.37. The number of alkyl halides is 3. The Balaban J connectivity index is 1.36. The lowest BCUT2D eigenvalue weighted by molar-refractivity contribution is -0.137. The van der Waals surface area contributed by atoms with Crippen LogP contribution in [0.1, 0.15) is 46.1 Å². The zero-order valence-electron chi connectivity index (χ0n) is 20.2. The summed E-state index contributed by atoms with van der Waals surface area (Å²) in [5, 5.41) is 11.7. The smallest absolute Gasteiger partial charge is 0.416 e. The number of benzene rings is 4. The molecular weight excluding hydrogens is 489 g/mol. The molecule has 0 saturated carbocycles. The molecule has 4 aromatic carbocycles. The van der Waals surface area contributed by atoms with Gasteiger partial charge in [0.15, 0.2) is 0 Å². The van der Waals surface area contributed by atoms with Gasteiger partial charge in [-0.15, -0.1) is 0 Å². The molecule has 2 unspecified atom stereocenters. The highest BCUT2D eigenvalue weighted by Gasteiger charge is 2.33. The van der Waals surface area contributed by atoms with Crippen molar-refractivity contribution in [2.75, 3.05) is 0 Å². The number of rotatable bonds is 3. The Morgan fingerprint density at radius 1 is 0.789 bits per heavy atom. The number of aromatic hydroxyl groups is 1. The summed E-state index contributed by atoms with van der Waals surface area (Å²) in [5.41, 5.74) is 4.09. The summed E-state index contributed by atoms with van der Waals surface area (Å²) >= 11 is 0. The van der Waals surface area contributed by atoms with Gasteiger partial charge in [0.05, 0.1) is 16.5 Å². The van der Waals surface area contributed by atoms with Crippen LogP contribution in [0.4, 0.5) is 13.2 Å². The van der Waals surface area contributed by atoms with E-state index in [0.29, 0.717) is 23.0 Å². The van der Waals surface area contributed by atoms with E-state index in [-0.39, 0.29) is 23.1 Å². The summed E-state index contributed by atoms with van der Waals surface area (Å²) < 4.78 is 44.4. The Hall–Kier alpha value is -4.32. The number of hydrogen-bond acceptors (Lipinski definition) is 3. The molecule has 1 heterocycles. The van der Waals surface area contributed by atoms with Crippen molar-refractivity contribution in [3.63, 3.8) is 0 Å². The van der Waals surface area contributed by atoms with Crippen molar-refractivity contribution in [2.45, 2.75) is 30.9 Å². The zero-order chi connectivity index (χ0) is 26.4. The molecule has 2 atom stereocenters. The topological polar surface area (TPSA) is 50.4 Å². The first-order valence-electron chi connectivity index (χ1n) is 12.4. The summed E-state index contributed by atoms with van der Waals surface area (Å²) in [4.78, 5) is 13.1. The molecule has 0 fully saturated rings. The molecule has 0 radical (unpaired) electrons. The first kappa shape index (κ1) is 24.0. The van der Waals surface area contributed by atoms with E-state index >= 15 is 0 Å². The summed E-state index contributed by atoms with van der Waals surface area (Å²) in [6.07, 6.45) is -2.99. The maximum atomic E-state index is 13.1. The van der Waals surface area contributed by atoms with Crippen LogP contribution >= 0.6 is 0 Å². The molecule has 5 aromatic rings. The summed E-state index contributed by atoms with van der Waals surface area (Å²) in [6, 6.07) is 27.8. The first-order valence-corrected chi connectivity index (χ1v) is 12.4. The van der Waals surface area contributed by atoms with Gasteiger partial charge in [0, 0.05) is 5.92 Å². The van der Waals surface area contributed by atoms with Gasteiger partial charge >= 0.3 is 11.8 Å². The molecule has 6 heteroatoms. The third-order valence-electron chi connectivity index (χ3n) is 7.51. The second-order valence-electron chi connectivity index (χ2n) is 9.73. The Morgan fingerprint density at radius 3 is 2.13 bits per heavy atom. The highest BCUT2D eigenvalue weighted by Crippen LogP contribution is 2.46. The van der Waals surface area contributed by atoms with Crippen molar-refractivity contribution in [1.29, 1.82) is 0 Å². The number of halogens is 3. The maximum Gasteiger partial charge on any atom is 0.416 e. The lowest BCUT2D eigenvalue weighted by atomic mass is 9.72. The van der Waals surface area contributed by atoms with Crippen LogP contribution in [0.3, 0.4) is 0 Å². The van der Waals surface area contributed by atoms with Crippen LogP contribution in [-0.2, 0) is 12.6 Å². The fourth-order valence-electron chi connectivity index (χ4n) is 5.60. The van der Waals surface area contributed by atoms with Gasteiger partial charge in [-0.25, -0.2) is 4.79 Å². The van der Waals surface area contributed by atoms with E-state index in [1.165, 1.54) is 12.1 Å². The number of hydrogen-bond donors (Lipinski definition) is 1. The van der Waals surface area contributed by atoms with Crippen molar-refractivity contribution < 1.29 is 22.7 Å². The molecule has 1 N–H and O–H groups in total. The molecule has 6 rings (SSSR count).